The Bertz CT molecular complexity index is 502. The minimum atomic E-state index is -1.16. The van der Waals surface area contributed by atoms with Crippen LogP contribution in [0.5, 0.6) is 0 Å². The van der Waals surface area contributed by atoms with E-state index in [0.717, 1.165) is 11.9 Å². The normalized spacial score (nSPS) is 10.8. The van der Waals surface area contributed by atoms with Crippen LogP contribution in [0.2, 0.25) is 0 Å². The van der Waals surface area contributed by atoms with Crippen LogP contribution in [0.3, 0.4) is 0 Å². The maximum Gasteiger partial charge on any atom is 0.336 e. The summed E-state index contributed by atoms with van der Waals surface area (Å²) in [4.78, 5) is 33.1. The van der Waals surface area contributed by atoms with Gasteiger partial charge in [0.25, 0.3) is 5.91 Å². The van der Waals surface area contributed by atoms with Crippen molar-refractivity contribution in [3.05, 3.63) is 40.3 Å². The molecule has 0 fully saturated rings. The van der Waals surface area contributed by atoms with Crippen LogP contribution in [-0.4, -0.2) is 28.3 Å². The molecule has 1 amide bonds. The quantitative estimate of drug-likeness (QED) is 0.616. The lowest BCUT2D eigenvalue weighted by atomic mass is 10.1. The average Bonchev–Trinajstić information content (AvgIpc) is 2.36. The molecule has 0 spiro atoms. The van der Waals surface area contributed by atoms with Crippen molar-refractivity contribution in [2.24, 2.45) is 4.58 Å². The Morgan fingerprint density at radius 3 is 2.42 bits per heavy atom. The molecule has 0 heterocycles. The van der Waals surface area contributed by atoms with Gasteiger partial charge in [-0.25, -0.2) is 4.79 Å². The van der Waals surface area contributed by atoms with Gasteiger partial charge in [-0.05, 0) is 26.0 Å². The van der Waals surface area contributed by atoms with Gasteiger partial charge in [0.2, 0.25) is 0 Å². The van der Waals surface area contributed by atoms with Crippen molar-refractivity contribution < 1.29 is 14.7 Å². The molecule has 0 unspecified atom stereocenters. The van der Waals surface area contributed by atoms with Gasteiger partial charge in [0.1, 0.15) is 0 Å². The van der Waals surface area contributed by atoms with Crippen molar-refractivity contribution in [1.29, 1.82) is 0 Å². The van der Waals surface area contributed by atoms with E-state index in [1.807, 2.05) is 0 Å². The molecule has 6 nitrogen and oxygen atoms in total. The monoisotopic (exact) mass is 282 g/mol. The van der Waals surface area contributed by atoms with E-state index in [4.69, 9.17) is 5.11 Å². The largest absolute Gasteiger partial charge is 0.478 e. The summed E-state index contributed by atoms with van der Waals surface area (Å²) >= 11 is 0.820. The Hall–Kier alpha value is -1.89. The number of carboxylic acids is 1. The minimum absolute atomic E-state index is 0.0565. The third-order valence-electron chi connectivity index (χ3n) is 2.36. The summed E-state index contributed by atoms with van der Waals surface area (Å²) in [5, 5.41) is 11.6. The van der Waals surface area contributed by atoms with Gasteiger partial charge in [0, 0.05) is 23.1 Å². The van der Waals surface area contributed by atoms with Crippen LogP contribution in [0.25, 0.3) is 0 Å². The highest BCUT2D eigenvalue weighted by molar-refractivity contribution is 7.99. The highest BCUT2D eigenvalue weighted by atomic mass is 32.2. The molecule has 2 N–H and O–H groups in total. The molecule has 0 saturated carbocycles. The fourth-order valence-electron chi connectivity index (χ4n) is 1.39. The van der Waals surface area contributed by atoms with E-state index >= 15 is 0 Å². The van der Waals surface area contributed by atoms with Crippen molar-refractivity contribution in [2.75, 3.05) is 6.54 Å². The highest BCUT2D eigenvalue weighted by Crippen LogP contribution is 2.24. The van der Waals surface area contributed by atoms with Crippen molar-refractivity contribution in [1.82, 2.24) is 5.32 Å². The van der Waals surface area contributed by atoms with E-state index in [0.29, 0.717) is 0 Å². The lowest BCUT2D eigenvalue weighted by Crippen LogP contribution is -2.36. The number of hydrogen-bond acceptors (Lipinski definition) is 5. The second-order valence-corrected chi connectivity index (χ2v) is 5.90. The molecule has 0 aliphatic rings. The van der Waals surface area contributed by atoms with Crippen molar-refractivity contribution in [2.45, 2.75) is 18.6 Å². The molecule has 0 bridgehead atoms. The first kappa shape index (κ1) is 15.2. The SMILES string of the molecule is CC(C)(CNC(=O)c1ccccc1C(=O)O)SN=O. The number of nitrogens with zero attached hydrogens (tertiary/aromatic N) is 1. The number of aromatic carboxylic acids is 1. The molecule has 0 aliphatic carbocycles. The van der Waals surface area contributed by atoms with E-state index < -0.39 is 16.6 Å². The Morgan fingerprint density at radius 1 is 1.32 bits per heavy atom. The highest BCUT2D eigenvalue weighted by Gasteiger charge is 2.22. The number of benzene rings is 1. The lowest BCUT2D eigenvalue weighted by Gasteiger charge is -2.20. The third-order valence-corrected chi connectivity index (χ3v) is 3.07. The maximum atomic E-state index is 11.9. The fraction of sp³-hybridized carbons (Fsp3) is 0.333. The topological polar surface area (TPSA) is 95.8 Å². The summed E-state index contributed by atoms with van der Waals surface area (Å²) in [6, 6.07) is 5.95. The number of carbonyl (C=O) groups is 2. The van der Waals surface area contributed by atoms with Gasteiger partial charge in [0.05, 0.1) is 15.9 Å². The molecule has 7 heteroatoms. The molecule has 0 aliphatic heterocycles. The predicted octanol–water partition coefficient (Wildman–Crippen LogP) is 2.31. The van der Waals surface area contributed by atoms with E-state index in [1.54, 1.807) is 26.0 Å². The summed E-state index contributed by atoms with van der Waals surface area (Å²) < 4.78 is 2.18. The van der Waals surface area contributed by atoms with Crippen LogP contribution >= 0.6 is 11.9 Å². The molecule has 0 atom stereocenters. The number of carbonyl (C=O) groups excluding carboxylic acids is 1. The van der Waals surface area contributed by atoms with Gasteiger partial charge in [-0.15, -0.1) is 4.91 Å². The van der Waals surface area contributed by atoms with Crippen molar-refractivity contribution in [3.63, 3.8) is 0 Å². The summed E-state index contributed by atoms with van der Waals surface area (Å²) in [7, 11) is 0. The first-order valence-corrected chi connectivity index (χ1v) is 6.26. The van der Waals surface area contributed by atoms with Crippen LogP contribution in [0.4, 0.5) is 0 Å². The fourth-order valence-corrected chi connectivity index (χ4v) is 1.73. The van der Waals surface area contributed by atoms with Gasteiger partial charge in [-0.2, -0.15) is 0 Å². The van der Waals surface area contributed by atoms with Gasteiger partial charge in [-0.3, -0.25) is 4.79 Å². The lowest BCUT2D eigenvalue weighted by molar-refractivity contribution is 0.0691. The molecular formula is C12H14N2O4S. The summed E-state index contributed by atoms with van der Waals surface area (Å²) in [5.41, 5.74) is 0.0360. The Balaban J connectivity index is 2.79. The Morgan fingerprint density at radius 2 is 1.89 bits per heavy atom. The van der Waals surface area contributed by atoms with Crippen molar-refractivity contribution in [3.8, 4) is 0 Å². The predicted molar refractivity (Wildman–Crippen MR) is 73.2 cm³/mol. The first-order chi connectivity index (χ1) is 8.87. The molecule has 102 valence electrons. The second-order valence-electron chi connectivity index (χ2n) is 4.46. The zero-order chi connectivity index (χ0) is 14.5. The van der Waals surface area contributed by atoms with E-state index in [1.165, 1.54) is 12.1 Å². The Labute approximate surface area is 114 Å². The van der Waals surface area contributed by atoms with Gasteiger partial charge < -0.3 is 10.4 Å². The number of rotatable bonds is 6. The zero-order valence-corrected chi connectivity index (χ0v) is 11.4. The molecule has 1 rings (SSSR count). The molecule has 0 aromatic heterocycles. The molecule has 0 saturated heterocycles. The van der Waals surface area contributed by atoms with Crippen LogP contribution in [0, 0.1) is 4.91 Å². The van der Waals surface area contributed by atoms with Crippen LogP contribution in [0.15, 0.2) is 28.8 Å². The standard InChI is InChI=1S/C12H14N2O4S/c1-12(2,19-14-18)7-13-10(15)8-5-3-4-6-9(8)11(16)17/h3-6H,7H2,1-2H3,(H,13,15)(H,16,17). The molecule has 1 aromatic carbocycles. The smallest absolute Gasteiger partial charge is 0.336 e. The maximum absolute atomic E-state index is 11.9. The molecule has 1 aromatic rings. The molecular weight excluding hydrogens is 268 g/mol. The zero-order valence-electron chi connectivity index (χ0n) is 10.5. The number of carboxylic acid groups (broad SMARTS) is 1. The van der Waals surface area contributed by atoms with E-state index in [9.17, 15) is 14.5 Å². The van der Waals surface area contributed by atoms with E-state index in [2.05, 4.69) is 9.90 Å². The van der Waals surface area contributed by atoms with Crippen LogP contribution in [0.1, 0.15) is 34.6 Å². The Kier molecular flexibility index (Phi) is 5.05. The van der Waals surface area contributed by atoms with E-state index in [-0.39, 0.29) is 17.7 Å². The second kappa shape index (κ2) is 6.33. The van der Waals surface area contributed by atoms with Crippen LogP contribution in [-0.2, 0) is 0 Å². The molecule has 0 radical (unpaired) electrons. The number of nitroso groups, excluding NO2 is 1. The number of amides is 1. The van der Waals surface area contributed by atoms with Gasteiger partial charge in [-0.1, -0.05) is 12.1 Å². The van der Waals surface area contributed by atoms with Crippen LogP contribution < -0.4 is 5.32 Å². The minimum Gasteiger partial charge on any atom is -0.478 e. The molecule has 19 heavy (non-hydrogen) atoms. The first-order valence-electron chi connectivity index (χ1n) is 5.49. The summed E-state index contributed by atoms with van der Waals surface area (Å²) in [6.07, 6.45) is 0. The number of nitrogens with one attached hydrogen (secondary N) is 1. The number of hydrogen-bond donors (Lipinski definition) is 2. The summed E-state index contributed by atoms with van der Waals surface area (Å²) in [6.45, 7) is 3.71. The summed E-state index contributed by atoms with van der Waals surface area (Å²) in [5.74, 6) is -1.65. The average molecular weight is 282 g/mol. The van der Waals surface area contributed by atoms with Crippen molar-refractivity contribution >= 4 is 23.8 Å². The third kappa shape index (κ3) is 4.36. The van der Waals surface area contributed by atoms with Gasteiger partial charge >= 0.3 is 5.97 Å². The van der Waals surface area contributed by atoms with Gasteiger partial charge in [0.15, 0.2) is 0 Å².